The Morgan fingerprint density at radius 1 is 1.38 bits per heavy atom. The highest BCUT2D eigenvalue weighted by atomic mass is 16.5. The summed E-state index contributed by atoms with van der Waals surface area (Å²) >= 11 is 0. The second kappa shape index (κ2) is 4.00. The van der Waals surface area contributed by atoms with E-state index in [9.17, 15) is 4.79 Å². The third-order valence-corrected chi connectivity index (χ3v) is 4.38. The summed E-state index contributed by atoms with van der Waals surface area (Å²) in [7, 11) is 0. The van der Waals surface area contributed by atoms with Crippen LogP contribution in [-0.4, -0.2) is 28.4 Å². The van der Waals surface area contributed by atoms with Crippen molar-refractivity contribution >= 4 is 11.9 Å². The number of hydrogen-bond acceptors (Lipinski definition) is 3. The lowest BCUT2D eigenvalue weighted by Gasteiger charge is -2.25. The standard InChI is InChI=1S/C16H19N3O2/c1-16(2)8-9-4-3-5-11(13(9)21-16)12-14(17)18-15(20)19(12)10-6-7-10/h3-5,10,12H,6-8H2,1-2H3,(H2,17,18,20). The topological polar surface area (TPSA) is 65.4 Å². The quantitative estimate of drug-likeness (QED) is 0.877. The van der Waals surface area contributed by atoms with E-state index in [-0.39, 0.29) is 29.6 Å². The van der Waals surface area contributed by atoms with E-state index in [0.717, 1.165) is 30.6 Å². The monoisotopic (exact) mass is 285 g/mol. The predicted octanol–water partition coefficient (Wildman–Crippen LogP) is 2.61. The lowest BCUT2D eigenvalue weighted by molar-refractivity contribution is 0.135. The van der Waals surface area contributed by atoms with Crippen LogP contribution in [0.2, 0.25) is 0 Å². The summed E-state index contributed by atoms with van der Waals surface area (Å²) in [6, 6.07) is 5.84. The fraction of sp³-hybridized carbons (Fsp3) is 0.500. The van der Waals surface area contributed by atoms with Crippen LogP contribution >= 0.6 is 0 Å². The molecule has 0 aromatic heterocycles. The maximum absolute atomic E-state index is 12.1. The largest absolute Gasteiger partial charge is 0.487 e. The number of benzene rings is 1. The molecule has 2 fully saturated rings. The number of nitrogens with one attached hydrogen (secondary N) is 2. The summed E-state index contributed by atoms with van der Waals surface area (Å²) in [5.41, 5.74) is 1.88. The van der Waals surface area contributed by atoms with Gasteiger partial charge in [-0.1, -0.05) is 18.2 Å². The first-order valence-electron chi connectivity index (χ1n) is 7.45. The van der Waals surface area contributed by atoms with Crippen LogP contribution in [0.4, 0.5) is 4.79 Å². The molecule has 1 saturated carbocycles. The number of nitrogens with zero attached hydrogens (tertiary/aromatic N) is 1. The average Bonchev–Trinajstić information content (AvgIpc) is 3.10. The molecule has 110 valence electrons. The molecule has 5 heteroatoms. The smallest absolute Gasteiger partial charge is 0.323 e. The molecule has 5 nitrogen and oxygen atoms in total. The molecule has 3 aliphatic rings. The van der Waals surface area contributed by atoms with Gasteiger partial charge in [0.1, 0.15) is 23.2 Å². The number of amidine groups is 1. The summed E-state index contributed by atoms with van der Waals surface area (Å²) in [5.74, 6) is 1.12. The summed E-state index contributed by atoms with van der Waals surface area (Å²) < 4.78 is 6.11. The van der Waals surface area contributed by atoms with Crippen LogP contribution < -0.4 is 10.1 Å². The molecule has 2 N–H and O–H groups in total. The van der Waals surface area contributed by atoms with Gasteiger partial charge in [0.05, 0.1) is 0 Å². The van der Waals surface area contributed by atoms with Crippen molar-refractivity contribution in [3.05, 3.63) is 29.3 Å². The van der Waals surface area contributed by atoms with Crippen molar-refractivity contribution in [3.63, 3.8) is 0 Å². The van der Waals surface area contributed by atoms with E-state index in [1.807, 2.05) is 17.0 Å². The van der Waals surface area contributed by atoms with E-state index >= 15 is 0 Å². The molecule has 21 heavy (non-hydrogen) atoms. The van der Waals surface area contributed by atoms with Crippen LogP contribution in [0.5, 0.6) is 5.75 Å². The molecule has 0 spiro atoms. The van der Waals surface area contributed by atoms with Crippen LogP contribution in [0.15, 0.2) is 18.2 Å². The Hall–Kier alpha value is -2.04. The van der Waals surface area contributed by atoms with E-state index < -0.39 is 0 Å². The number of ether oxygens (including phenoxy) is 1. The van der Waals surface area contributed by atoms with E-state index in [1.165, 1.54) is 5.56 Å². The van der Waals surface area contributed by atoms with Crippen LogP contribution in [0, 0.1) is 5.41 Å². The van der Waals surface area contributed by atoms with Crippen molar-refractivity contribution in [3.8, 4) is 5.75 Å². The van der Waals surface area contributed by atoms with Gasteiger partial charge in [-0.15, -0.1) is 0 Å². The summed E-state index contributed by atoms with van der Waals surface area (Å²) in [6.45, 7) is 4.14. The van der Waals surface area contributed by atoms with Gasteiger partial charge in [0.2, 0.25) is 0 Å². The van der Waals surface area contributed by atoms with Crippen LogP contribution in [-0.2, 0) is 6.42 Å². The average molecular weight is 285 g/mol. The Balaban J connectivity index is 1.79. The van der Waals surface area contributed by atoms with Gasteiger partial charge in [-0.05, 0) is 32.3 Å². The molecule has 1 atom stereocenters. The van der Waals surface area contributed by atoms with Crippen LogP contribution in [0.25, 0.3) is 0 Å². The van der Waals surface area contributed by atoms with Gasteiger partial charge < -0.3 is 9.64 Å². The Kier molecular flexibility index (Phi) is 2.41. The lowest BCUT2D eigenvalue weighted by atomic mass is 9.97. The number of rotatable bonds is 2. The highest BCUT2D eigenvalue weighted by Gasteiger charge is 2.47. The molecule has 0 bridgehead atoms. The van der Waals surface area contributed by atoms with Gasteiger partial charge in [-0.25, -0.2) is 4.79 Å². The van der Waals surface area contributed by atoms with E-state index in [2.05, 4.69) is 25.2 Å². The maximum Gasteiger partial charge on any atom is 0.323 e. The fourth-order valence-electron chi connectivity index (χ4n) is 3.39. The Labute approximate surface area is 123 Å². The summed E-state index contributed by atoms with van der Waals surface area (Å²) in [6.07, 6.45) is 2.91. The number of carbonyl (C=O) groups is 1. The minimum Gasteiger partial charge on any atom is -0.487 e. The predicted molar refractivity (Wildman–Crippen MR) is 78.7 cm³/mol. The molecule has 1 aliphatic carbocycles. The third-order valence-electron chi connectivity index (χ3n) is 4.38. The molecule has 2 aliphatic heterocycles. The van der Waals surface area contributed by atoms with Gasteiger partial charge in [0.25, 0.3) is 0 Å². The molecule has 1 aromatic carbocycles. The van der Waals surface area contributed by atoms with Crippen molar-refractivity contribution in [2.45, 2.75) is 50.8 Å². The van der Waals surface area contributed by atoms with Crippen LogP contribution in [0.1, 0.15) is 43.9 Å². The Morgan fingerprint density at radius 3 is 2.86 bits per heavy atom. The van der Waals surface area contributed by atoms with E-state index in [1.54, 1.807) is 0 Å². The van der Waals surface area contributed by atoms with Gasteiger partial charge >= 0.3 is 6.03 Å². The second-order valence-electron chi connectivity index (χ2n) is 6.76. The number of hydrogen-bond donors (Lipinski definition) is 2. The SMILES string of the molecule is CC1(C)Cc2cccc(C3C(=N)NC(=O)N3C3CC3)c2O1. The zero-order valence-corrected chi connectivity index (χ0v) is 12.3. The molecule has 1 saturated heterocycles. The molecule has 2 heterocycles. The molecular formula is C16H19N3O2. The lowest BCUT2D eigenvalue weighted by Crippen LogP contribution is -2.32. The van der Waals surface area contributed by atoms with Gasteiger partial charge in [-0.3, -0.25) is 10.7 Å². The number of amides is 2. The molecule has 1 unspecified atom stereocenters. The van der Waals surface area contributed by atoms with Gasteiger partial charge in [0, 0.05) is 18.0 Å². The molecule has 0 radical (unpaired) electrons. The number of para-hydroxylation sites is 1. The molecule has 2 amide bonds. The Morgan fingerprint density at radius 2 is 2.14 bits per heavy atom. The molecular weight excluding hydrogens is 266 g/mol. The summed E-state index contributed by atoms with van der Waals surface area (Å²) in [5, 5.41) is 10.8. The van der Waals surface area contributed by atoms with Crippen molar-refractivity contribution < 1.29 is 9.53 Å². The van der Waals surface area contributed by atoms with E-state index in [0.29, 0.717) is 0 Å². The zero-order chi connectivity index (χ0) is 14.8. The summed E-state index contributed by atoms with van der Waals surface area (Å²) in [4.78, 5) is 13.9. The number of urea groups is 1. The zero-order valence-electron chi connectivity index (χ0n) is 12.3. The number of fused-ring (bicyclic) bond motifs is 1. The van der Waals surface area contributed by atoms with Crippen molar-refractivity contribution in [2.24, 2.45) is 0 Å². The second-order valence-corrected chi connectivity index (χ2v) is 6.76. The normalized spacial score (nSPS) is 26.6. The van der Waals surface area contributed by atoms with E-state index in [4.69, 9.17) is 10.1 Å². The number of carbonyl (C=O) groups excluding carboxylic acids is 1. The van der Waals surface area contributed by atoms with Crippen LogP contribution in [0.3, 0.4) is 0 Å². The minimum absolute atomic E-state index is 0.151. The van der Waals surface area contributed by atoms with Crippen molar-refractivity contribution in [1.82, 2.24) is 10.2 Å². The highest BCUT2D eigenvalue weighted by molar-refractivity contribution is 6.06. The molecule has 4 rings (SSSR count). The van der Waals surface area contributed by atoms with Crippen molar-refractivity contribution in [2.75, 3.05) is 0 Å². The van der Waals surface area contributed by atoms with Gasteiger partial charge in [0.15, 0.2) is 0 Å². The minimum atomic E-state index is -0.325. The van der Waals surface area contributed by atoms with Crippen molar-refractivity contribution in [1.29, 1.82) is 5.41 Å². The Bertz CT molecular complexity index is 649. The third kappa shape index (κ3) is 1.91. The first-order chi connectivity index (χ1) is 9.96. The first-order valence-corrected chi connectivity index (χ1v) is 7.45. The highest BCUT2D eigenvalue weighted by Crippen LogP contribution is 2.45. The fourth-order valence-corrected chi connectivity index (χ4v) is 3.39. The van der Waals surface area contributed by atoms with Gasteiger partial charge in [-0.2, -0.15) is 0 Å². The first kappa shape index (κ1) is 12.7. The maximum atomic E-state index is 12.1. The molecule has 1 aromatic rings.